The lowest BCUT2D eigenvalue weighted by Gasteiger charge is -2.15. The second-order valence-electron chi connectivity index (χ2n) is 4.07. The standard InChI is InChI=1S/C14H11BrClN3/c1-9-4-5-18-8-11(9)14(7-17)19-10-2-3-13(16)12(15)6-10/h2-6,8,14,19H,1H3. The fourth-order valence-electron chi connectivity index (χ4n) is 1.71. The Hall–Kier alpha value is -1.57. The molecule has 1 N–H and O–H groups in total. The highest BCUT2D eigenvalue weighted by atomic mass is 79.9. The van der Waals surface area contributed by atoms with Gasteiger partial charge in [0.25, 0.3) is 0 Å². The number of aromatic nitrogens is 1. The van der Waals surface area contributed by atoms with Crippen LogP contribution in [-0.4, -0.2) is 4.98 Å². The van der Waals surface area contributed by atoms with E-state index in [1.165, 1.54) is 0 Å². The Bertz CT molecular complexity index is 637. The van der Waals surface area contributed by atoms with E-state index in [1.807, 2.05) is 25.1 Å². The van der Waals surface area contributed by atoms with Crippen molar-refractivity contribution in [2.75, 3.05) is 5.32 Å². The monoisotopic (exact) mass is 335 g/mol. The summed E-state index contributed by atoms with van der Waals surface area (Å²) in [4.78, 5) is 4.07. The molecule has 0 saturated heterocycles. The lowest BCUT2D eigenvalue weighted by atomic mass is 10.0. The Balaban J connectivity index is 2.27. The molecule has 0 bridgehead atoms. The van der Waals surface area contributed by atoms with Crippen LogP contribution in [0.25, 0.3) is 0 Å². The van der Waals surface area contributed by atoms with Gasteiger partial charge in [0.1, 0.15) is 6.04 Å². The first kappa shape index (κ1) is 13.9. The normalized spacial score (nSPS) is 11.7. The maximum absolute atomic E-state index is 9.31. The van der Waals surface area contributed by atoms with Crippen molar-refractivity contribution in [2.24, 2.45) is 0 Å². The van der Waals surface area contributed by atoms with Crippen molar-refractivity contribution in [3.8, 4) is 6.07 Å². The molecular formula is C14H11BrClN3. The summed E-state index contributed by atoms with van der Waals surface area (Å²) < 4.78 is 0.791. The van der Waals surface area contributed by atoms with Gasteiger partial charge in [-0.25, -0.2) is 0 Å². The summed E-state index contributed by atoms with van der Waals surface area (Å²) in [6.07, 6.45) is 3.42. The highest BCUT2D eigenvalue weighted by Crippen LogP contribution is 2.28. The van der Waals surface area contributed by atoms with Crippen molar-refractivity contribution in [3.05, 3.63) is 57.3 Å². The van der Waals surface area contributed by atoms with Gasteiger partial charge in [-0.15, -0.1) is 0 Å². The van der Waals surface area contributed by atoms with Crippen LogP contribution in [0.15, 0.2) is 41.1 Å². The second-order valence-corrected chi connectivity index (χ2v) is 5.33. The Morgan fingerprint density at radius 2 is 2.21 bits per heavy atom. The van der Waals surface area contributed by atoms with Crippen LogP contribution in [0.1, 0.15) is 17.2 Å². The number of nitriles is 1. The van der Waals surface area contributed by atoms with Crippen molar-refractivity contribution in [1.82, 2.24) is 4.98 Å². The minimum Gasteiger partial charge on any atom is -0.366 e. The van der Waals surface area contributed by atoms with E-state index in [2.05, 4.69) is 32.3 Å². The first-order chi connectivity index (χ1) is 9.11. The van der Waals surface area contributed by atoms with E-state index in [4.69, 9.17) is 11.6 Å². The van der Waals surface area contributed by atoms with Crippen molar-refractivity contribution in [3.63, 3.8) is 0 Å². The van der Waals surface area contributed by atoms with E-state index in [1.54, 1.807) is 18.5 Å². The molecule has 1 atom stereocenters. The van der Waals surface area contributed by atoms with Crippen LogP contribution >= 0.6 is 27.5 Å². The molecule has 2 aromatic rings. The Labute approximate surface area is 125 Å². The number of aryl methyl sites for hydroxylation is 1. The van der Waals surface area contributed by atoms with Crippen molar-refractivity contribution < 1.29 is 0 Å². The SMILES string of the molecule is Cc1ccncc1C(C#N)Nc1ccc(Cl)c(Br)c1. The molecule has 1 aromatic heterocycles. The molecule has 0 aliphatic heterocycles. The van der Waals surface area contributed by atoms with Crippen molar-refractivity contribution in [1.29, 1.82) is 5.26 Å². The molecule has 5 heteroatoms. The molecule has 2 rings (SSSR count). The van der Waals surface area contributed by atoms with Gasteiger partial charge >= 0.3 is 0 Å². The molecule has 1 aromatic carbocycles. The zero-order valence-corrected chi connectivity index (χ0v) is 12.5. The lowest BCUT2D eigenvalue weighted by Crippen LogP contribution is -2.10. The summed E-state index contributed by atoms with van der Waals surface area (Å²) in [5.74, 6) is 0. The second kappa shape index (κ2) is 6.05. The number of benzene rings is 1. The number of nitrogens with one attached hydrogen (secondary N) is 1. The van der Waals surface area contributed by atoms with E-state index in [0.29, 0.717) is 5.02 Å². The molecule has 0 amide bonds. The van der Waals surface area contributed by atoms with Gasteiger partial charge in [-0.2, -0.15) is 5.26 Å². The number of halogens is 2. The van der Waals surface area contributed by atoms with Crippen LogP contribution in [0, 0.1) is 18.3 Å². The zero-order valence-electron chi connectivity index (χ0n) is 10.2. The summed E-state index contributed by atoms with van der Waals surface area (Å²) in [5.41, 5.74) is 2.73. The van der Waals surface area contributed by atoms with Gasteiger partial charge in [0.15, 0.2) is 0 Å². The quantitative estimate of drug-likeness (QED) is 0.899. The molecule has 0 fully saturated rings. The third-order valence-corrected chi connectivity index (χ3v) is 3.96. The first-order valence-electron chi connectivity index (χ1n) is 5.63. The van der Waals surface area contributed by atoms with Gasteiger partial charge in [-0.05, 0) is 52.7 Å². The van der Waals surface area contributed by atoms with Crippen LogP contribution in [0.3, 0.4) is 0 Å². The van der Waals surface area contributed by atoms with Crippen LogP contribution in [0.2, 0.25) is 5.02 Å². The first-order valence-corrected chi connectivity index (χ1v) is 6.80. The average Bonchev–Trinajstić information content (AvgIpc) is 2.41. The third kappa shape index (κ3) is 3.25. The number of pyridine rings is 1. The summed E-state index contributed by atoms with van der Waals surface area (Å²) in [6, 6.07) is 9.15. The molecule has 19 heavy (non-hydrogen) atoms. The molecule has 1 heterocycles. The molecule has 3 nitrogen and oxygen atoms in total. The molecule has 0 aliphatic carbocycles. The minimum absolute atomic E-state index is 0.443. The predicted molar refractivity (Wildman–Crippen MR) is 80.1 cm³/mol. The maximum atomic E-state index is 9.31. The fraction of sp³-hybridized carbons (Fsp3) is 0.143. The highest BCUT2D eigenvalue weighted by Gasteiger charge is 2.13. The smallest absolute Gasteiger partial charge is 0.142 e. The summed E-state index contributed by atoms with van der Waals surface area (Å²) >= 11 is 9.31. The Morgan fingerprint density at radius 3 is 2.84 bits per heavy atom. The number of hydrogen-bond donors (Lipinski definition) is 1. The van der Waals surface area contributed by atoms with Gasteiger partial charge in [-0.3, -0.25) is 4.98 Å². The van der Waals surface area contributed by atoms with Crippen LogP contribution < -0.4 is 5.32 Å². The fourth-order valence-corrected chi connectivity index (χ4v) is 2.21. The maximum Gasteiger partial charge on any atom is 0.142 e. The third-order valence-electron chi connectivity index (χ3n) is 2.75. The molecule has 0 aliphatic rings. The molecule has 0 spiro atoms. The molecule has 1 unspecified atom stereocenters. The molecule has 0 saturated carbocycles. The summed E-state index contributed by atoms with van der Waals surface area (Å²) in [5, 5.41) is 13.1. The van der Waals surface area contributed by atoms with Gasteiger partial charge < -0.3 is 5.32 Å². The number of nitrogens with zero attached hydrogens (tertiary/aromatic N) is 2. The summed E-state index contributed by atoms with van der Waals surface area (Å²) in [7, 11) is 0. The minimum atomic E-state index is -0.443. The zero-order chi connectivity index (χ0) is 13.8. The van der Waals surface area contributed by atoms with Crippen LogP contribution in [-0.2, 0) is 0 Å². The largest absolute Gasteiger partial charge is 0.366 e. The predicted octanol–water partition coefficient (Wildman–Crippen LogP) is 4.48. The number of rotatable bonds is 3. The molecule has 96 valence electrons. The lowest BCUT2D eigenvalue weighted by molar-refractivity contribution is 0.964. The van der Waals surface area contributed by atoms with Crippen molar-refractivity contribution in [2.45, 2.75) is 13.0 Å². The highest BCUT2D eigenvalue weighted by molar-refractivity contribution is 9.10. The molecule has 0 radical (unpaired) electrons. The Kier molecular flexibility index (Phi) is 4.41. The number of hydrogen-bond acceptors (Lipinski definition) is 3. The summed E-state index contributed by atoms with van der Waals surface area (Å²) in [6.45, 7) is 1.96. The van der Waals surface area contributed by atoms with E-state index in [-0.39, 0.29) is 0 Å². The Morgan fingerprint density at radius 1 is 1.42 bits per heavy atom. The van der Waals surface area contributed by atoms with Gasteiger partial charge in [0.2, 0.25) is 0 Å². The van der Waals surface area contributed by atoms with E-state index < -0.39 is 6.04 Å². The topological polar surface area (TPSA) is 48.7 Å². The van der Waals surface area contributed by atoms with E-state index in [9.17, 15) is 5.26 Å². The van der Waals surface area contributed by atoms with Crippen LogP contribution in [0.5, 0.6) is 0 Å². The van der Waals surface area contributed by atoms with Gasteiger partial charge in [0.05, 0.1) is 11.1 Å². The van der Waals surface area contributed by atoms with E-state index in [0.717, 1.165) is 21.3 Å². The van der Waals surface area contributed by atoms with E-state index >= 15 is 0 Å². The van der Waals surface area contributed by atoms with Crippen LogP contribution in [0.4, 0.5) is 5.69 Å². The number of anilines is 1. The average molecular weight is 337 g/mol. The molecular weight excluding hydrogens is 326 g/mol. The van der Waals surface area contributed by atoms with Gasteiger partial charge in [0, 0.05) is 28.1 Å². The van der Waals surface area contributed by atoms with Crippen molar-refractivity contribution >= 4 is 33.2 Å². The van der Waals surface area contributed by atoms with Gasteiger partial charge in [-0.1, -0.05) is 11.6 Å².